The molecule has 5 heteroatoms. The molecule has 2 heterocycles. The minimum Gasteiger partial charge on any atom is -0.489 e. The molecule has 0 saturated carbocycles. The van der Waals surface area contributed by atoms with Gasteiger partial charge in [0.05, 0.1) is 17.8 Å². The molecule has 0 atom stereocenters. The van der Waals surface area contributed by atoms with Gasteiger partial charge in [0.1, 0.15) is 12.4 Å². The Morgan fingerprint density at radius 1 is 1.07 bits per heavy atom. The summed E-state index contributed by atoms with van der Waals surface area (Å²) in [5.41, 5.74) is 4.54. The van der Waals surface area contributed by atoms with Crippen LogP contribution in [0.5, 0.6) is 5.75 Å². The van der Waals surface area contributed by atoms with Gasteiger partial charge in [0.15, 0.2) is 5.75 Å². The number of para-hydroxylation sites is 1. The first-order valence-electron chi connectivity index (χ1n) is 10.2. The summed E-state index contributed by atoms with van der Waals surface area (Å²) in [5.74, 6) is 1.25. The summed E-state index contributed by atoms with van der Waals surface area (Å²) in [6.45, 7) is 9.70. The van der Waals surface area contributed by atoms with E-state index in [2.05, 4.69) is 48.1 Å². The Balaban J connectivity index is 1.60. The number of carbonyl (C=O) groups excluding carboxylic acids is 1. The molecule has 2 aromatic carbocycles. The van der Waals surface area contributed by atoms with Gasteiger partial charge in [-0.05, 0) is 53.8 Å². The lowest BCUT2D eigenvalue weighted by molar-refractivity contribution is 0.102. The first-order chi connectivity index (χ1) is 14.3. The number of nitrogens with zero attached hydrogens (tertiary/aromatic N) is 2. The van der Waals surface area contributed by atoms with Crippen molar-refractivity contribution in [1.82, 2.24) is 4.98 Å². The minimum atomic E-state index is -0.186. The second-order valence-corrected chi connectivity index (χ2v) is 8.63. The highest BCUT2D eigenvalue weighted by Crippen LogP contribution is 2.38. The number of rotatable bonds is 3. The van der Waals surface area contributed by atoms with Crippen LogP contribution in [0.1, 0.15) is 42.3 Å². The molecule has 0 radical (unpaired) electrons. The van der Waals surface area contributed by atoms with Gasteiger partial charge in [-0.2, -0.15) is 0 Å². The molecule has 1 aromatic heterocycles. The summed E-state index contributed by atoms with van der Waals surface area (Å²) in [6.07, 6.45) is 1.85. The zero-order valence-electron chi connectivity index (χ0n) is 17.9. The van der Waals surface area contributed by atoms with Crippen molar-refractivity contribution < 1.29 is 9.53 Å². The molecule has 5 nitrogen and oxygen atoms in total. The standard InChI is InChI=1S/C25H27N3O2/c1-17-8-13-22(26-16-17)28-14-15-30-23-20(6-5-7-21(23)28)24(29)27-19-11-9-18(10-12-19)25(2,3)4/h5-13,16H,14-15H2,1-4H3,(H,27,29). The summed E-state index contributed by atoms with van der Waals surface area (Å²) in [7, 11) is 0. The number of hydrogen-bond donors (Lipinski definition) is 1. The van der Waals surface area contributed by atoms with Crippen molar-refractivity contribution in [3.8, 4) is 5.75 Å². The van der Waals surface area contributed by atoms with Crippen molar-refractivity contribution in [2.75, 3.05) is 23.4 Å². The van der Waals surface area contributed by atoms with Crippen molar-refractivity contribution in [3.63, 3.8) is 0 Å². The van der Waals surface area contributed by atoms with E-state index < -0.39 is 0 Å². The SMILES string of the molecule is Cc1ccc(N2CCOc3c(C(=O)Nc4ccc(C(C)(C)C)cc4)cccc32)nc1. The topological polar surface area (TPSA) is 54.5 Å². The summed E-state index contributed by atoms with van der Waals surface area (Å²) >= 11 is 0. The molecule has 0 aliphatic carbocycles. The molecule has 154 valence electrons. The maximum atomic E-state index is 13.0. The van der Waals surface area contributed by atoms with Crippen LogP contribution in [0, 0.1) is 6.92 Å². The van der Waals surface area contributed by atoms with Crippen LogP contribution < -0.4 is 15.0 Å². The molecule has 1 amide bonds. The van der Waals surface area contributed by atoms with Gasteiger partial charge in [0.2, 0.25) is 0 Å². The molecule has 0 fully saturated rings. The molecule has 1 aliphatic heterocycles. The summed E-state index contributed by atoms with van der Waals surface area (Å²) in [6, 6.07) is 17.7. The fraction of sp³-hybridized carbons (Fsp3) is 0.280. The Morgan fingerprint density at radius 3 is 2.50 bits per heavy atom. The number of nitrogens with one attached hydrogen (secondary N) is 1. The third kappa shape index (κ3) is 4.01. The van der Waals surface area contributed by atoms with Crippen molar-refractivity contribution in [1.29, 1.82) is 0 Å². The third-order valence-electron chi connectivity index (χ3n) is 5.27. The second-order valence-electron chi connectivity index (χ2n) is 8.63. The Hall–Kier alpha value is -3.34. The summed E-state index contributed by atoms with van der Waals surface area (Å²) < 4.78 is 5.92. The highest BCUT2D eigenvalue weighted by atomic mass is 16.5. The fourth-order valence-corrected chi connectivity index (χ4v) is 3.54. The van der Waals surface area contributed by atoms with Crippen molar-refractivity contribution >= 4 is 23.1 Å². The van der Waals surface area contributed by atoms with Crippen molar-refractivity contribution in [3.05, 3.63) is 77.5 Å². The Morgan fingerprint density at radius 2 is 1.83 bits per heavy atom. The van der Waals surface area contributed by atoms with Crippen LogP contribution in [0.3, 0.4) is 0 Å². The predicted molar refractivity (Wildman–Crippen MR) is 121 cm³/mol. The first kappa shape index (κ1) is 20.0. The largest absolute Gasteiger partial charge is 0.489 e. The van der Waals surface area contributed by atoms with Crippen LogP contribution in [-0.4, -0.2) is 24.0 Å². The van der Waals surface area contributed by atoms with Gasteiger partial charge >= 0.3 is 0 Å². The van der Waals surface area contributed by atoms with Crippen LogP contribution >= 0.6 is 0 Å². The first-order valence-corrected chi connectivity index (χ1v) is 10.2. The van der Waals surface area contributed by atoms with Crippen LogP contribution in [0.15, 0.2) is 60.8 Å². The average Bonchev–Trinajstić information content (AvgIpc) is 2.73. The Kier molecular flexibility index (Phi) is 5.20. The quantitative estimate of drug-likeness (QED) is 0.632. The van der Waals surface area contributed by atoms with E-state index in [9.17, 15) is 4.79 Å². The lowest BCUT2D eigenvalue weighted by Gasteiger charge is -2.31. The van der Waals surface area contributed by atoms with Crippen molar-refractivity contribution in [2.45, 2.75) is 33.1 Å². The second kappa shape index (κ2) is 7.82. The molecule has 3 aromatic rings. The highest BCUT2D eigenvalue weighted by molar-refractivity contribution is 6.07. The summed E-state index contributed by atoms with van der Waals surface area (Å²) in [4.78, 5) is 19.7. The minimum absolute atomic E-state index is 0.0718. The number of aryl methyl sites for hydroxylation is 1. The number of ether oxygens (including phenoxy) is 1. The molecule has 30 heavy (non-hydrogen) atoms. The van der Waals surface area contributed by atoms with Gasteiger partial charge in [-0.25, -0.2) is 4.98 Å². The number of aromatic nitrogens is 1. The van der Waals surface area contributed by atoms with Gasteiger partial charge in [0.25, 0.3) is 5.91 Å². The average molecular weight is 402 g/mol. The maximum Gasteiger partial charge on any atom is 0.259 e. The zero-order chi connectivity index (χ0) is 21.3. The summed E-state index contributed by atoms with van der Waals surface area (Å²) in [5, 5.41) is 3.00. The molecule has 0 bridgehead atoms. The lowest BCUT2D eigenvalue weighted by Crippen LogP contribution is -2.30. The van der Waals surface area contributed by atoms with Gasteiger partial charge in [-0.3, -0.25) is 4.79 Å². The predicted octanol–water partition coefficient (Wildman–Crippen LogP) is 5.47. The van der Waals surface area contributed by atoms with E-state index in [0.29, 0.717) is 24.5 Å². The van der Waals surface area contributed by atoms with E-state index in [4.69, 9.17) is 4.74 Å². The van der Waals surface area contributed by atoms with Crippen molar-refractivity contribution in [2.24, 2.45) is 0 Å². The van der Waals surface area contributed by atoms with Gasteiger partial charge in [0, 0.05) is 11.9 Å². The van der Waals surface area contributed by atoms with E-state index in [0.717, 1.165) is 22.8 Å². The number of pyridine rings is 1. The zero-order valence-corrected chi connectivity index (χ0v) is 17.9. The van der Waals surface area contributed by atoms with Gasteiger partial charge in [-0.1, -0.05) is 45.0 Å². The van der Waals surface area contributed by atoms with E-state index in [1.54, 1.807) is 6.07 Å². The number of fused-ring (bicyclic) bond motifs is 1. The van der Waals surface area contributed by atoms with Gasteiger partial charge in [-0.15, -0.1) is 0 Å². The normalized spacial score (nSPS) is 13.4. The van der Waals surface area contributed by atoms with Crippen LogP contribution in [0.4, 0.5) is 17.2 Å². The highest BCUT2D eigenvalue weighted by Gasteiger charge is 2.25. The maximum absolute atomic E-state index is 13.0. The molecule has 0 saturated heterocycles. The van der Waals surface area contributed by atoms with Crippen LogP contribution in [-0.2, 0) is 5.41 Å². The number of hydrogen-bond acceptors (Lipinski definition) is 4. The number of amides is 1. The monoisotopic (exact) mass is 401 g/mol. The van der Waals surface area contributed by atoms with E-state index >= 15 is 0 Å². The Labute approximate surface area is 177 Å². The van der Waals surface area contributed by atoms with Gasteiger partial charge < -0.3 is 15.0 Å². The fourth-order valence-electron chi connectivity index (χ4n) is 3.54. The lowest BCUT2D eigenvalue weighted by atomic mass is 9.87. The molecule has 0 spiro atoms. The molecule has 1 N–H and O–H groups in total. The number of anilines is 3. The molecular weight excluding hydrogens is 374 g/mol. The molecule has 1 aliphatic rings. The van der Waals surface area contributed by atoms with E-state index in [1.807, 2.05) is 49.5 Å². The molecule has 0 unspecified atom stereocenters. The molecule has 4 rings (SSSR count). The van der Waals surface area contributed by atoms with E-state index in [-0.39, 0.29) is 11.3 Å². The smallest absolute Gasteiger partial charge is 0.259 e. The van der Waals surface area contributed by atoms with Crippen LogP contribution in [0.25, 0.3) is 0 Å². The number of carbonyl (C=O) groups is 1. The van der Waals surface area contributed by atoms with Crippen LogP contribution in [0.2, 0.25) is 0 Å². The van der Waals surface area contributed by atoms with E-state index in [1.165, 1.54) is 5.56 Å². The molecular formula is C25H27N3O2. The Bertz CT molecular complexity index is 1050. The number of benzene rings is 2. The third-order valence-corrected chi connectivity index (χ3v) is 5.27.